The van der Waals surface area contributed by atoms with Crippen molar-refractivity contribution in [2.45, 2.75) is 13.3 Å². The Balaban J connectivity index is 2.98. The smallest absolute Gasteiger partial charge is 0.310 e. The first-order chi connectivity index (χ1) is 7.58. The summed E-state index contributed by atoms with van der Waals surface area (Å²) in [6.45, 7) is 2.20. The molecule has 1 aromatic carbocycles. The number of esters is 1. The summed E-state index contributed by atoms with van der Waals surface area (Å²) in [4.78, 5) is 11.4. The summed E-state index contributed by atoms with van der Waals surface area (Å²) in [5.74, 6) is 0.518. The molecule has 0 unspecified atom stereocenters. The van der Waals surface area contributed by atoms with Gasteiger partial charge in [-0.15, -0.1) is 0 Å². The third kappa shape index (κ3) is 3.76. The van der Waals surface area contributed by atoms with Crippen molar-refractivity contribution >= 4 is 51.2 Å². The van der Waals surface area contributed by atoms with Crippen LogP contribution in [-0.4, -0.2) is 19.7 Å². The first-order valence-corrected chi connectivity index (χ1v) is 6.91. The molecule has 1 rings (SSSR count). The summed E-state index contributed by atoms with van der Waals surface area (Å²) in [7, 11) is 1.61. The Kier molecular flexibility index (Phi) is 5.81. The Labute approximate surface area is 122 Å². The van der Waals surface area contributed by atoms with Crippen molar-refractivity contribution in [3.05, 3.63) is 24.8 Å². The van der Waals surface area contributed by atoms with E-state index in [9.17, 15) is 4.79 Å². The number of carbonyl (C=O) groups excluding carboxylic acids is 1. The third-order valence-electron chi connectivity index (χ3n) is 1.97. The van der Waals surface area contributed by atoms with Crippen LogP contribution in [0.3, 0.4) is 0 Å². The molecule has 0 fully saturated rings. The van der Waals surface area contributed by atoms with Gasteiger partial charge in [0.1, 0.15) is 5.75 Å². The van der Waals surface area contributed by atoms with Crippen LogP contribution in [0.2, 0.25) is 0 Å². The van der Waals surface area contributed by atoms with Gasteiger partial charge in [0.2, 0.25) is 0 Å². The van der Waals surface area contributed by atoms with E-state index in [1.165, 1.54) is 0 Å². The van der Waals surface area contributed by atoms with Gasteiger partial charge in [-0.3, -0.25) is 4.79 Å². The average molecular weight is 446 g/mol. The van der Waals surface area contributed by atoms with Gasteiger partial charge in [-0.05, 0) is 64.2 Å². The number of halogens is 2. The monoisotopic (exact) mass is 446 g/mol. The van der Waals surface area contributed by atoms with Gasteiger partial charge in [0.05, 0.1) is 20.1 Å². The minimum atomic E-state index is -0.222. The number of carbonyl (C=O) groups is 1. The maximum atomic E-state index is 11.4. The van der Waals surface area contributed by atoms with Gasteiger partial charge in [-0.2, -0.15) is 0 Å². The second-order valence-corrected chi connectivity index (χ2v) is 5.46. The summed E-state index contributed by atoms with van der Waals surface area (Å²) in [5.41, 5.74) is 0.891. The number of rotatable bonds is 4. The Morgan fingerprint density at radius 3 is 2.62 bits per heavy atom. The van der Waals surface area contributed by atoms with Crippen molar-refractivity contribution in [1.82, 2.24) is 0 Å². The second kappa shape index (κ2) is 6.63. The molecule has 0 heterocycles. The molecule has 3 nitrogen and oxygen atoms in total. The number of hydrogen-bond acceptors (Lipinski definition) is 3. The van der Waals surface area contributed by atoms with Crippen LogP contribution in [0.25, 0.3) is 0 Å². The third-order valence-corrected chi connectivity index (χ3v) is 3.55. The van der Waals surface area contributed by atoms with Crippen LogP contribution in [0.1, 0.15) is 12.5 Å². The van der Waals surface area contributed by atoms with E-state index in [0.717, 1.165) is 18.5 Å². The van der Waals surface area contributed by atoms with Crippen LogP contribution in [0, 0.1) is 7.14 Å². The maximum Gasteiger partial charge on any atom is 0.310 e. The molecule has 5 heteroatoms. The van der Waals surface area contributed by atoms with Gasteiger partial charge < -0.3 is 9.47 Å². The normalized spacial score (nSPS) is 10.0. The highest BCUT2D eigenvalue weighted by atomic mass is 127. The molecule has 0 N–H and O–H groups in total. The first kappa shape index (κ1) is 14.0. The van der Waals surface area contributed by atoms with Crippen molar-refractivity contribution in [3.8, 4) is 5.75 Å². The predicted molar refractivity (Wildman–Crippen MR) is 78.8 cm³/mol. The van der Waals surface area contributed by atoms with Gasteiger partial charge in [-0.1, -0.05) is 0 Å². The maximum absolute atomic E-state index is 11.4. The SMILES string of the molecule is CCOC(=O)Cc1c(I)cc(I)cc1OC. The van der Waals surface area contributed by atoms with Gasteiger partial charge in [-0.25, -0.2) is 0 Å². The van der Waals surface area contributed by atoms with Crippen molar-refractivity contribution in [1.29, 1.82) is 0 Å². The van der Waals surface area contributed by atoms with Gasteiger partial charge in [0.25, 0.3) is 0 Å². The van der Waals surface area contributed by atoms with Crippen LogP contribution in [-0.2, 0) is 16.0 Å². The lowest BCUT2D eigenvalue weighted by atomic mass is 10.1. The molecule has 0 aliphatic heterocycles. The molecule has 0 atom stereocenters. The zero-order valence-electron chi connectivity index (χ0n) is 9.05. The van der Waals surface area contributed by atoms with Crippen LogP contribution in [0.15, 0.2) is 12.1 Å². The van der Waals surface area contributed by atoms with Crippen molar-refractivity contribution in [2.24, 2.45) is 0 Å². The van der Waals surface area contributed by atoms with Gasteiger partial charge in [0.15, 0.2) is 0 Å². The topological polar surface area (TPSA) is 35.5 Å². The van der Waals surface area contributed by atoms with Crippen LogP contribution < -0.4 is 4.74 Å². The van der Waals surface area contributed by atoms with Crippen LogP contribution in [0.5, 0.6) is 5.75 Å². The summed E-state index contributed by atoms with van der Waals surface area (Å²) in [6.07, 6.45) is 0.256. The van der Waals surface area contributed by atoms with E-state index < -0.39 is 0 Å². The molecule has 0 radical (unpaired) electrons. The molecule has 0 spiro atoms. The zero-order valence-corrected chi connectivity index (χ0v) is 13.4. The summed E-state index contributed by atoms with van der Waals surface area (Å²) >= 11 is 4.42. The highest BCUT2D eigenvalue weighted by molar-refractivity contribution is 14.1. The van der Waals surface area contributed by atoms with E-state index >= 15 is 0 Å². The Morgan fingerprint density at radius 2 is 2.06 bits per heavy atom. The van der Waals surface area contributed by atoms with E-state index in [1.807, 2.05) is 12.1 Å². The lowest BCUT2D eigenvalue weighted by Gasteiger charge is -2.11. The number of ether oxygens (including phenoxy) is 2. The predicted octanol–water partition coefficient (Wildman–Crippen LogP) is 3.01. The molecular formula is C11H12I2O3. The largest absolute Gasteiger partial charge is 0.496 e. The first-order valence-electron chi connectivity index (χ1n) is 4.76. The van der Waals surface area contributed by atoms with E-state index in [4.69, 9.17) is 9.47 Å². The Bertz CT molecular complexity index is 391. The fraction of sp³-hybridized carbons (Fsp3) is 0.364. The second-order valence-electron chi connectivity index (χ2n) is 3.05. The minimum absolute atomic E-state index is 0.222. The van der Waals surface area contributed by atoms with Gasteiger partial charge >= 0.3 is 5.97 Å². The Morgan fingerprint density at radius 1 is 1.38 bits per heavy atom. The highest BCUT2D eigenvalue weighted by Crippen LogP contribution is 2.27. The molecule has 0 saturated carbocycles. The summed E-state index contributed by atoms with van der Waals surface area (Å²) < 4.78 is 12.3. The summed E-state index contributed by atoms with van der Waals surface area (Å²) in [5, 5.41) is 0. The molecule has 16 heavy (non-hydrogen) atoms. The van der Waals surface area contributed by atoms with Crippen LogP contribution >= 0.6 is 45.2 Å². The number of benzene rings is 1. The Hall–Kier alpha value is -0.0500. The number of methoxy groups -OCH3 is 1. The quantitative estimate of drug-likeness (QED) is 0.528. The molecule has 88 valence electrons. The minimum Gasteiger partial charge on any atom is -0.496 e. The van der Waals surface area contributed by atoms with Crippen molar-refractivity contribution in [2.75, 3.05) is 13.7 Å². The van der Waals surface area contributed by atoms with Crippen molar-refractivity contribution in [3.63, 3.8) is 0 Å². The molecule has 1 aromatic rings. The fourth-order valence-electron chi connectivity index (χ4n) is 1.29. The van der Waals surface area contributed by atoms with Crippen LogP contribution in [0.4, 0.5) is 0 Å². The molecule has 0 amide bonds. The standard InChI is InChI=1S/C11H12I2O3/c1-3-16-11(14)6-8-9(13)4-7(12)5-10(8)15-2/h4-5H,3,6H2,1-2H3. The lowest BCUT2D eigenvalue weighted by molar-refractivity contribution is -0.142. The van der Waals surface area contributed by atoms with E-state index in [-0.39, 0.29) is 12.4 Å². The summed E-state index contributed by atoms with van der Waals surface area (Å²) in [6, 6.07) is 3.93. The zero-order chi connectivity index (χ0) is 12.1. The van der Waals surface area contributed by atoms with E-state index in [2.05, 4.69) is 45.2 Å². The highest BCUT2D eigenvalue weighted by Gasteiger charge is 2.13. The molecular weight excluding hydrogens is 434 g/mol. The molecule has 0 aliphatic carbocycles. The van der Waals surface area contributed by atoms with Gasteiger partial charge in [0, 0.05) is 12.7 Å². The van der Waals surface area contributed by atoms with E-state index in [0.29, 0.717) is 6.61 Å². The molecule has 0 aromatic heterocycles. The van der Waals surface area contributed by atoms with E-state index in [1.54, 1.807) is 14.0 Å². The number of hydrogen-bond donors (Lipinski definition) is 0. The molecule has 0 saturated heterocycles. The average Bonchev–Trinajstić information content (AvgIpc) is 2.22. The fourth-order valence-corrected chi connectivity index (χ4v) is 3.27. The lowest BCUT2D eigenvalue weighted by Crippen LogP contribution is -2.10. The molecule has 0 aliphatic rings. The van der Waals surface area contributed by atoms with Crippen molar-refractivity contribution < 1.29 is 14.3 Å². The molecule has 0 bridgehead atoms.